The van der Waals surface area contributed by atoms with Crippen molar-refractivity contribution in [2.75, 3.05) is 13.1 Å². The van der Waals surface area contributed by atoms with Gasteiger partial charge in [0.2, 0.25) is 15.9 Å². The topological polar surface area (TPSA) is 113 Å². The summed E-state index contributed by atoms with van der Waals surface area (Å²) in [5.41, 5.74) is -0.0580. The molecule has 110 valence electrons. The van der Waals surface area contributed by atoms with Gasteiger partial charge in [-0.3, -0.25) is 4.79 Å². The van der Waals surface area contributed by atoms with Crippen molar-refractivity contribution in [3.63, 3.8) is 0 Å². The lowest BCUT2D eigenvalue weighted by molar-refractivity contribution is -0.122. The Labute approximate surface area is 120 Å². The summed E-state index contributed by atoms with van der Waals surface area (Å²) < 4.78 is 26.0. The number of aromatic carboxylic acids is 1. The van der Waals surface area contributed by atoms with Crippen molar-refractivity contribution in [3.8, 4) is 0 Å². The molecule has 0 unspecified atom stereocenters. The molecule has 0 aliphatic heterocycles. The van der Waals surface area contributed by atoms with Crippen LogP contribution in [-0.4, -0.2) is 38.5 Å². The molecule has 1 aliphatic carbocycles. The Hall–Kier alpha value is -1.45. The van der Waals surface area contributed by atoms with E-state index in [-0.39, 0.29) is 34.7 Å². The van der Waals surface area contributed by atoms with Gasteiger partial charge in [-0.05, 0) is 18.9 Å². The number of rotatable bonds is 7. The van der Waals surface area contributed by atoms with Crippen LogP contribution in [0.5, 0.6) is 0 Å². The zero-order valence-corrected chi connectivity index (χ0v) is 12.1. The first-order valence-corrected chi connectivity index (χ1v) is 8.35. The van der Waals surface area contributed by atoms with Gasteiger partial charge in [-0.1, -0.05) is 0 Å². The zero-order chi connectivity index (χ0) is 14.8. The minimum atomic E-state index is -3.72. The highest BCUT2D eigenvalue weighted by molar-refractivity contribution is 7.91. The molecule has 1 amide bonds. The molecule has 1 aromatic heterocycles. The van der Waals surface area contributed by atoms with Crippen LogP contribution >= 0.6 is 11.3 Å². The Kier molecular flexibility index (Phi) is 4.41. The third-order valence-electron chi connectivity index (χ3n) is 2.75. The Morgan fingerprint density at radius 2 is 2.05 bits per heavy atom. The minimum Gasteiger partial charge on any atom is -0.478 e. The summed E-state index contributed by atoms with van der Waals surface area (Å²) in [7, 11) is -3.72. The maximum absolute atomic E-state index is 11.9. The maximum atomic E-state index is 11.9. The molecule has 0 radical (unpaired) electrons. The summed E-state index contributed by atoms with van der Waals surface area (Å²) in [5.74, 6) is -1.13. The van der Waals surface area contributed by atoms with Crippen molar-refractivity contribution in [2.24, 2.45) is 5.92 Å². The SMILES string of the molecule is O=C(O)c1csc(S(=O)(=O)NCCNC(=O)C2CC2)c1. The summed E-state index contributed by atoms with van der Waals surface area (Å²) in [6, 6.07) is 1.11. The number of hydrogen-bond donors (Lipinski definition) is 3. The third-order valence-corrected chi connectivity index (χ3v) is 5.65. The van der Waals surface area contributed by atoms with Gasteiger partial charge in [-0.2, -0.15) is 0 Å². The molecular formula is C11H14N2O5S2. The molecule has 1 aromatic rings. The second-order valence-electron chi connectivity index (χ2n) is 4.42. The van der Waals surface area contributed by atoms with Crippen LogP contribution in [0.4, 0.5) is 0 Å². The molecule has 20 heavy (non-hydrogen) atoms. The standard InChI is InChI=1S/C11H14N2O5S2/c14-10(7-1-2-7)12-3-4-13-20(17,18)9-5-8(6-19-9)11(15)16/h5-7,13H,1-4H2,(H,12,14)(H,15,16). The van der Waals surface area contributed by atoms with Gasteiger partial charge in [-0.25, -0.2) is 17.9 Å². The number of thiophene rings is 1. The zero-order valence-electron chi connectivity index (χ0n) is 10.5. The molecule has 2 rings (SSSR count). The fraction of sp³-hybridized carbons (Fsp3) is 0.455. The van der Waals surface area contributed by atoms with Crippen molar-refractivity contribution < 1.29 is 23.1 Å². The first kappa shape index (κ1) is 14.9. The second kappa shape index (κ2) is 5.90. The van der Waals surface area contributed by atoms with Crippen LogP contribution < -0.4 is 10.0 Å². The fourth-order valence-corrected chi connectivity index (χ4v) is 3.73. The molecule has 1 aliphatic rings. The number of nitrogens with one attached hydrogen (secondary N) is 2. The first-order valence-electron chi connectivity index (χ1n) is 5.99. The number of carbonyl (C=O) groups is 2. The van der Waals surface area contributed by atoms with Crippen LogP contribution in [0.3, 0.4) is 0 Å². The molecule has 1 heterocycles. The van der Waals surface area contributed by atoms with Crippen molar-refractivity contribution >= 4 is 33.2 Å². The molecular weight excluding hydrogens is 304 g/mol. The van der Waals surface area contributed by atoms with E-state index in [2.05, 4.69) is 10.0 Å². The average Bonchev–Trinajstić information content (AvgIpc) is 3.10. The van der Waals surface area contributed by atoms with Gasteiger partial charge < -0.3 is 10.4 Å². The predicted molar refractivity (Wildman–Crippen MR) is 72.2 cm³/mol. The lowest BCUT2D eigenvalue weighted by Crippen LogP contribution is -2.35. The monoisotopic (exact) mass is 318 g/mol. The molecule has 0 aromatic carbocycles. The van der Waals surface area contributed by atoms with Gasteiger partial charge in [0.25, 0.3) is 0 Å². The summed E-state index contributed by atoms with van der Waals surface area (Å²) >= 11 is 0.845. The Balaban J connectivity index is 1.83. The van der Waals surface area contributed by atoms with E-state index in [4.69, 9.17) is 5.11 Å². The van der Waals surface area contributed by atoms with Crippen LogP contribution in [0.15, 0.2) is 15.7 Å². The largest absolute Gasteiger partial charge is 0.478 e. The molecule has 0 spiro atoms. The van der Waals surface area contributed by atoms with Crippen molar-refractivity contribution in [3.05, 3.63) is 17.0 Å². The van der Waals surface area contributed by atoms with Crippen LogP contribution in [0, 0.1) is 5.92 Å². The number of carboxylic acids is 1. The van der Waals surface area contributed by atoms with E-state index in [0.717, 1.165) is 30.2 Å². The lowest BCUT2D eigenvalue weighted by atomic mass is 10.4. The minimum absolute atomic E-state index is 0.0477. The molecule has 7 nitrogen and oxygen atoms in total. The highest BCUT2D eigenvalue weighted by Crippen LogP contribution is 2.28. The van der Waals surface area contributed by atoms with Gasteiger partial charge in [0.05, 0.1) is 5.56 Å². The molecule has 3 N–H and O–H groups in total. The quantitative estimate of drug-likeness (QED) is 0.624. The van der Waals surface area contributed by atoms with E-state index in [9.17, 15) is 18.0 Å². The number of carbonyl (C=O) groups excluding carboxylic acids is 1. The van der Waals surface area contributed by atoms with Gasteiger partial charge in [0, 0.05) is 24.4 Å². The van der Waals surface area contributed by atoms with Crippen LogP contribution in [0.25, 0.3) is 0 Å². The predicted octanol–water partition coefficient (Wildman–Crippen LogP) is 0.251. The molecule has 1 fully saturated rings. The third kappa shape index (κ3) is 3.78. The van der Waals surface area contributed by atoms with E-state index in [1.165, 1.54) is 5.38 Å². The van der Waals surface area contributed by atoms with E-state index in [1.807, 2.05) is 0 Å². The molecule has 0 bridgehead atoms. The normalized spacial score (nSPS) is 15.0. The van der Waals surface area contributed by atoms with E-state index >= 15 is 0 Å². The molecule has 0 saturated heterocycles. The highest BCUT2D eigenvalue weighted by Gasteiger charge is 2.29. The summed E-state index contributed by atoms with van der Waals surface area (Å²) in [6.45, 7) is 0.285. The van der Waals surface area contributed by atoms with Crippen LogP contribution in [0.1, 0.15) is 23.2 Å². The van der Waals surface area contributed by atoms with Crippen LogP contribution in [-0.2, 0) is 14.8 Å². The summed E-state index contributed by atoms with van der Waals surface area (Å²) in [4.78, 5) is 22.0. The lowest BCUT2D eigenvalue weighted by Gasteiger charge is -2.06. The number of hydrogen-bond acceptors (Lipinski definition) is 5. The van der Waals surface area contributed by atoms with Gasteiger partial charge in [-0.15, -0.1) is 11.3 Å². The van der Waals surface area contributed by atoms with Crippen LogP contribution in [0.2, 0.25) is 0 Å². The second-order valence-corrected chi connectivity index (χ2v) is 7.33. The number of carboxylic acid groups (broad SMARTS) is 1. The van der Waals surface area contributed by atoms with Crippen molar-refractivity contribution in [2.45, 2.75) is 17.1 Å². The Bertz CT molecular complexity index is 619. The molecule has 9 heteroatoms. The number of amides is 1. The summed E-state index contributed by atoms with van der Waals surface area (Å²) in [5, 5.41) is 12.6. The first-order chi connectivity index (χ1) is 9.40. The maximum Gasteiger partial charge on any atom is 0.336 e. The van der Waals surface area contributed by atoms with Crippen molar-refractivity contribution in [1.82, 2.24) is 10.0 Å². The fourth-order valence-electron chi connectivity index (χ4n) is 1.50. The van der Waals surface area contributed by atoms with E-state index in [1.54, 1.807) is 0 Å². The Morgan fingerprint density at radius 1 is 1.35 bits per heavy atom. The van der Waals surface area contributed by atoms with Gasteiger partial charge in [0.1, 0.15) is 4.21 Å². The molecule has 0 atom stereocenters. The van der Waals surface area contributed by atoms with Gasteiger partial charge >= 0.3 is 5.97 Å². The Morgan fingerprint density at radius 3 is 2.60 bits per heavy atom. The smallest absolute Gasteiger partial charge is 0.336 e. The van der Waals surface area contributed by atoms with E-state index in [0.29, 0.717) is 0 Å². The summed E-state index contributed by atoms with van der Waals surface area (Å²) in [6.07, 6.45) is 1.79. The van der Waals surface area contributed by atoms with Crippen molar-refractivity contribution in [1.29, 1.82) is 0 Å². The van der Waals surface area contributed by atoms with Gasteiger partial charge in [0.15, 0.2) is 0 Å². The highest BCUT2D eigenvalue weighted by atomic mass is 32.2. The van der Waals surface area contributed by atoms with E-state index < -0.39 is 16.0 Å². The average molecular weight is 318 g/mol. The number of sulfonamides is 1. The molecule has 1 saturated carbocycles.